The van der Waals surface area contributed by atoms with Gasteiger partial charge in [0.2, 0.25) is 5.91 Å². The van der Waals surface area contributed by atoms with Gasteiger partial charge in [0.25, 0.3) is 0 Å². The van der Waals surface area contributed by atoms with E-state index in [1.165, 1.54) is 0 Å². The van der Waals surface area contributed by atoms with Crippen LogP contribution in [0.15, 0.2) is 18.3 Å². The van der Waals surface area contributed by atoms with Crippen LogP contribution in [0.4, 0.5) is 5.82 Å². The van der Waals surface area contributed by atoms with Crippen molar-refractivity contribution in [1.29, 1.82) is 0 Å². The van der Waals surface area contributed by atoms with Crippen molar-refractivity contribution in [2.75, 3.05) is 11.6 Å². The smallest absolute Gasteiger partial charge is 0.243 e. The number of hydrogen-bond donors (Lipinski definition) is 1. The first-order valence-electron chi connectivity index (χ1n) is 5.33. The van der Waals surface area contributed by atoms with E-state index in [1.54, 1.807) is 11.2 Å². The van der Waals surface area contributed by atoms with Crippen LogP contribution in [0.25, 0.3) is 0 Å². The number of carbonyl (C=O) groups excluding carboxylic acids is 1. The molecule has 1 amide bonds. The average molecular weight is 205 g/mol. The summed E-state index contributed by atoms with van der Waals surface area (Å²) >= 11 is 0. The second kappa shape index (κ2) is 4.40. The summed E-state index contributed by atoms with van der Waals surface area (Å²) in [5.74, 6) is 0.872. The molecule has 4 heteroatoms. The lowest BCUT2D eigenvalue weighted by atomic mass is 10.1. The third-order valence-electron chi connectivity index (χ3n) is 2.46. The molecule has 2 heterocycles. The first kappa shape index (κ1) is 10.1. The molecule has 1 aromatic heterocycles. The topological polar surface area (TPSA) is 45.2 Å². The lowest BCUT2D eigenvalue weighted by molar-refractivity contribution is -0.119. The maximum absolute atomic E-state index is 11.7. The van der Waals surface area contributed by atoms with Gasteiger partial charge in [-0.25, -0.2) is 15.4 Å². The molecule has 0 atom stereocenters. The molecule has 0 bridgehead atoms. The highest BCUT2D eigenvalue weighted by Gasteiger charge is 2.24. The third-order valence-corrected chi connectivity index (χ3v) is 2.46. The lowest BCUT2D eigenvalue weighted by Gasteiger charge is -2.28. The van der Waals surface area contributed by atoms with E-state index in [0.29, 0.717) is 6.42 Å². The maximum Gasteiger partial charge on any atom is 0.243 e. The second-order valence-corrected chi connectivity index (χ2v) is 3.62. The van der Waals surface area contributed by atoms with Gasteiger partial charge < -0.3 is 0 Å². The first-order valence-corrected chi connectivity index (χ1v) is 5.33. The van der Waals surface area contributed by atoms with E-state index >= 15 is 0 Å². The van der Waals surface area contributed by atoms with Crippen LogP contribution < -0.4 is 10.4 Å². The molecule has 0 aromatic carbocycles. The normalized spacial score (nSPS) is 15.3. The van der Waals surface area contributed by atoms with Crippen molar-refractivity contribution in [2.45, 2.75) is 26.2 Å². The van der Waals surface area contributed by atoms with E-state index in [-0.39, 0.29) is 5.91 Å². The van der Waals surface area contributed by atoms with Gasteiger partial charge in [-0.3, -0.25) is 4.79 Å². The molecule has 1 aliphatic heterocycles. The Morgan fingerprint density at radius 2 is 2.40 bits per heavy atom. The summed E-state index contributed by atoms with van der Waals surface area (Å²) in [6.07, 6.45) is 4.08. The molecular formula is C11H15N3O. The molecule has 2 rings (SSSR count). The Hall–Kier alpha value is -1.42. The second-order valence-electron chi connectivity index (χ2n) is 3.62. The van der Waals surface area contributed by atoms with E-state index in [2.05, 4.69) is 17.3 Å². The zero-order valence-electron chi connectivity index (χ0n) is 8.86. The molecule has 0 saturated heterocycles. The lowest BCUT2D eigenvalue weighted by Crippen LogP contribution is -2.46. The summed E-state index contributed by atoms with van der Waals surface area (Å²) < 4.78 is 0. The molecule has 1 N–H and O–H groups in total. The van der Waals surface area contributed by atoms with E-state index in [1.807, 2.05) is 12.1 Å². The maximum atomic E-state index is 11.7. The predicted molar refractivity (Wildman–Crippen MR) is 58.3 cm³/mol. The molecule has 0 spiro atoms. The zero-order chi connectivity index (χ0) is 10.7. The van der Waals surface area contributed by atoms with Crippen molar-refractivity contribution >= 4 is 11.7 Å². The van der Waals surface area contributed by atoms with Gasteiger partial charge in [0.15, 0.2) is 5.82 Å². The quantitative estimate of drug-likeness (QED) is 0.808. The van der Waals surface area contributed by atoms with Crippen LogP contribution in [-0.4, -0.2) is 17.4 Å². The Morgan fingerprint density at radius 1 is 1.53 bits per heavy atom. The number of anilines is 1. The molecular weight excluding hydrogens is 190 g/mol. The van der Waals surface area contributed by atoms with Crippen LogP contribution in [0.3, 0.4) is 0 Å². The van der Waals surface area contributed by atoms with E-state index in [9.17, 15) is 4.79 Å². The minimum atomic E-state index is 0.106. The van der Waals surface area contributed by atoms with Gasteiger partial charge >= 0.3 is 0 Å². The molecule has 0 aliphatic carbocycles. The molecule has 1 aliphatic rings. The molecule has 0 unspecified atom stereocenters. The summed E-state index contributed by atoms with van der Waals surface area (Å²) in [6, 6.07) is 3.93. The number of hydrogen-bond acceptors (Lipinski definition) is 3. The fraction of sp³-hybridized carbons (Fsp3) is 0.455. The minimum absolute atomic E-state index is 0.106. The molecule has 0 saturated carbocycles. The molecule has 0 radical (unpaired) electrons. The summed E-state index contributed by atoms with van der Waals surface area (Å²) in [6.45, 7) is 2.86. The molecule has 15 heavy (non-hydrogen) atoms. The van der Waals surface area contributed by atoms with Gasteiger partial charge in [0.1, 0.15) is 0 Å². The average Bonchev–Trinajstić information content (AvgIpc) is 2.28. The number of aromatic nitrogens is 1. The van der Waals surface area contributed by atoms with Gasteiger partial charge in [-0.2, -0.15) is 0 Å². The Labute approximate surface area is 89.3 Å². The largest absolute Gasteiger partial charge is 0.273 e. The summed E-state index contributed by atoms with van der Waals surface area (Å²) in [4.78, 5) is 15.9. The monoisotopic (exact) mass is 205 g/mol. The highest BCUT2D eigenvalue weighted by molar-refractivity contribution is 5.94. The van der Waals surface area contributed by atoms with Crippen molar-refractivity contribution in [2.24, 2.45) is 0 Å². The summed E-state index contributed by atoms with van der Waals surface area (Å²) in [5.41, 5.74) is 4.24. The highest BCUT2D eigenvalue weighted by atomic mass is 16.2. The van der Waals surface area contributed by atoms with Crippen LogP contribution in [-0.2, 0) is 11.2 Å². The van der Waals surface area contributed by atoms with Crippen molar-refractivity contribution in [1.82, 2.24) is 10.4 Å². The Bertz CT molecular complexity index is 365. The standard InChI is InChI=1S/C11H15N3O/c1-2-7-13-14-10(15)6-5-9-4-3-8-12-11(9)14/h3-4,8,13H,2,5-7H2,1H3. The van der Waals surface area contributed by atoms with Crippen LogP contribution in [0.1, 0.15) is 25.3 Å². The minimum Gasteiger partial charge on any atom is -0.273 e. The summed E-state index contributed by atoms with van der Waals surface area (Å²) in [7, 11) is 0. The third kappa shape index (κ3) is 1.99. The highest BCUT2D eigenvalue weighted by Crippen LogP contribution is 2.23. The van der Waals surface area contributed by atoms with Gasteiger partial charge in [0, 0.05) is 19.2 Å². The predicted octanol–water partition coefficient (Wildman–Crippen LogP) is 1.28. The number of fused-ring (bicyclic) bond motifs is 1. The fourth-order valence-corrected chi connectivity index (χ4v) is 1.68. The number of nitrogens with one attached hydrogen (secondary N) is 1. The fourth-order valence-electron chi connectivity index (χ4n) is 1.68. The van der Waals surface area contributed by atoms with Gasteiger partial charge in [-0.1, -0.05) is 13.0 Å². The van der Waals surface area contributed by atoms with E-state index < -0.39 is 0 Å². The van der Waals surface area contributed by atoms with Gasteiger partial charge in [-0.15, -0.1) is 0 Å². The number of carbonyl (C=O) groups is 1. The van der Waals surface area contributed by atoms with Crippen molar-refractivity contribution in [3.8, 4) is 0 Å². The number of rotatable bonds is 3. The summed E-state index contributed by atoms with van der Waals surface area (Å²) in [5, 5.41) is 1.59. The molecule has 1 aromatic rings. The number of nitrogens with zero attached hydrogens (tertiary/aromatic N) is 2. The van der Waals surface area contributed by atoms with Crippen molar-refractivity contribution in [3.63, 3.8) is 0 Å². The van der Waals surface area contributed by atoms with Gasteiger partial charge in [0.05, 0.1) is 0 Å². The molecule has 0 fully saturated rings. The zero-order valence-corrected chi connectivity index (χ0v) is 8.86. The first-order chi connectivity index (χ1) is 7.33. The molecule has 4 nitrogen and oxygen atoms in total. The number of hydrazine groups is 1. The SMILES string of the molecule is CCCNN1C(=O)CCc2cccnc21. The Balaban J connectivity index is 2.25. The van der Waals surface area contributed by atoms with Crippen LogP contribution in [0, 0.1) is 0 Å². The molecule has 80 valence electrons. The van der Waals surface area contributed by atoms with Crippen LogP contribution in [0.5, 0.6) is 0 Å². The van der Waals surface area contributed by atoms with Gasteiger partial charge in [-0.05, 0) is 24.5 Å². The number of amides is 1. The van der Waals surface area contributed by atoms with Crippen molar-refractivity contribution in [3.05, 3.63) is 23.9 Å². The van der Waals surface area contributed by atoms with E-state index in [4.69, 9.17) is 0 Å². The number of aryl methyl sites for hydroxylation is 1. The van der Waals surface area contributed by atoms with Crippen LogP contribution >= 0.6 is 0 Å². The number of pyridine rings is 1. The van der Waals surface area contributed by atoms with Crippen molar-refractivity contribution < 1.29 is 4.79 Å². The van der Waals surface area contributed by atoms with E-state index in [0.717, 1.165) is 30.8 Å². The Kier molecular flexibility index (Phi) is 2.97. The van der Waals surface area contributed by atoms with Crippen LogP contribution in [0.2, 0.25) is 0 Å². The Morgan fingerprint density at radius 3 is 3.20 bits per heavy atom.